The number of carbonyl (C=O) groups is 1. The van der Waals surface area contributed by atoms with Gasteiger partial charge in [0.25, 0.3) is 5.91 Å². The van der Waals surface area contributed by atoms with Crippen LogP contribution in [0.25, 0.3) is 0 Å². The molecule has 0 bridgehead atoms. The van der Waals surface area contributed by atoms with Gasteiger partial charge >= 0.3 is 0 Å². The van der Waals surface area contributed by atoms with Crippen molar-refractivity contribution in [2.24, 2.45) is 7.05 Å². The van der Waals surface area contributed by atoms with E-state index in [1.165, 1.54) is 0 Å². The standard InChI is InChI=1S/C11H19N3O2S/c1-9-10(8-13-14(9)2)11(16)12-4-7-17-6-3-5-15/h8,15H,3-7H2,1-2H3,(H,12,16). The number of hydrogen-bond acceptors (Lipinski definition) is 4. The number of nitrogens with one attached hydrogen (secondary N) is 1. The number of nitrogens with zero attached hydrogens (tertiary/aromatic N) is 2. The van der Waals surface area contributed by atoms with Crippen LogP contribution >= 0.6 is 11.8 Å². The summed E-state index contributed by atoms with van der Waals surface area (Å²) in [5.41, 5.74) is 1.50. The predicted molar refractivity (Wildman–Crippen MR) is 69.3 cm³/mol. The fraction of sp³-hybridized carbons (Fsp3) is 0.636. The van der Waals surface area contributed by atoms with Gasteiger partial charge in [-0.1, -0.05) is 0 Å². The lowest BCUT2D eigenvalue weighted by molar-refractivity contribution is 0.0955. The van der Waals surface area contributed by atoms with Crippen molar-refractivity contribution in [1.29, 1.82) is 0 Å². The number of thioether (sulfide) groups is 1. The number of aliphatic hydroxyl groups is 1. The van der Waals surface area contributed by atoms with Gasteiger partial charge in [0.15, 0.2) is 0 Å². The maximum absolute atomic E-state index is 11.8. The molecular weight excluding hydrogens is 238 g/mol. The third-order valence-corrected chi connectivity index (χ3v) is 3.53. The molecule has 2 N–H and O–H groups in total. The van der Waals surface area contributed by atoms with E-state index < -0.39 is 0 Å². The summed E-state index contributed by atoms with van der Waals surface area (Å²) in [6, 6.07) is 0. The normalized spacial score (nSPS) is 10.5. The molecule has 96 valence electrons. The highest BCUT2D eigenvalue weighted by atomic mass is 32.2. The van der Waals surface area contributed by atoms with Crippen molar-refractivity contribution in [2.45, 2.75) is 13.3 Å². The van der Waals surface area contributed by atoms with Crippen molar-refractivity contribution < 1.29 is 9.90 Å². The van der Waals surface area contributed by atoms with Crippen LogP contribution in [-0.4, -0.2) is 45.5 Å². The van der Waals surface area contributed by atoms with Crippen molar-refractivity contribution in [3.63, 3.8) is 0 Å². The first-order chi connectivity index (χ1) is 8.16. The molecule has 0 aromatic carbocycles. The van der Waals surface area contributed by atoms with Crippen LogP contribution in [0, 0.1) is 6.92 Å². The molecule has 0 radical (unpaired) electrons. The lowest BCUT2D eigenvalue weighted by atomic mass is 10.2. The van der Waals surface area contributed by atoms with Gasteiger partial charge in [-0.15, -0.1) is 0 Å². The van der Waals surface area contributed by atoms with Crippen LogP contribution in [0.3, 0.4) is 0 Å². The Morgan fingerprint density at radius 1 is 1.59 bits per heavy atom. The summed E-state index contributed by atoms with van der Waals surface area (Å²) in [4.78, 5) is 11.8. The van der Waals surface area contributed by atoms with Crippen LogP contribution in [0.2, 0.25) is 0 Å². The number of carbonyl (C=O) groups excluding carboxylic acids is 1. The van der Waals surface area contributed by atoms with E-state index in [-0.39, 0.29) is 12.5 Å². The Balaban J connectivity index is 2.24. The Hall–Kier alpha value is -1.01. The molecule has 6 heteroatoms. The van der Waals surface area contributed by atoms with E-state index in [4.69, 9.17) is 5.11 Å². The fourth-order valence-electron chi connectivity index (χ4n) is 1.32. The van der Waals surface area contributed by atoms with Gasteiger partial charge in [0, 0.05) is 31.6 Å². The van der Waals surface area contributed by atoms with Gasteiger partial charge in [0.2, 0.25) is 0 Å². The van der Waals surface area contributed by atoms with Crippen LogP contribution in [0.5, 0.6) is 0 Å². The average molecular weight is 257 g/mol. The van der Waals surface area contributed by atoms with Gasteiger partial charge in [0.1, 0.15) is 0 Å². The zero-order valence-corrected chi connectivity index (χ0v) is 11.1. The molecular formula is C11H19N3O2S. The largest absolute Gasteiger partial charge is 0.396 e. The molecule has 1 heterocycles. The van der Waals surface area contributed by atoms with Crippen LogP contribution in [0.15, 0.2) is 6.20 Å². The van der Waals surface area contributed by atoms with E-state index in [9.17, 15) is 4.79 Å². The Kier molecular flexibility index (Phi) is 6.07. The highest BCUT2D eigenvalue weighted by molar-refractivity contribution is 7.99. The molecule has 17 heavy (non-hydrogen) atoms. The summed E-state index contributed by atoms with van der Waals surface area (Å²) in [5.74, 6) is 1.72. The third-order valence-electron chi connectivity index (χ3n) is 2.46. The van der Waals surface area contributed by atoms with Gasteiger partial charge in [-0.05, 0) is 19.1 Å². The highest BCUT2D eigenvalue weighted by Crippen LogP contribution is 2.05. The Morgan fingerprint density at radius 2 is 2.35 bits per heavy atom. The summed E-state index contributed by atoms with van der Waals surface area (Å²) < 4.78 is 1.69. The number of hydrogen-bond donors (Lipinski definition) is 2. The first-order valence-corrected chi connectivity index (χ1v) is 6.77. The summed E-state index contributed by atoms with van der Waals surface area (Å²) in [7, 11) is 1.82. The minimum absolute atomic E-state index is 0.0710. The second-order valence-electron chi connectivity index (χ2n) is 3.71. The number of aryl methyl sites for hydroxylation is 1. The summed E-state index contributed by atoms with van der Waals surface area (Å²) in [6.45, 7) is 2.75. The van der Waals surface area contributed by atoms with Crippen LogP contribution in [0.4, 0.5) is 0 Å². The second kappa shape index (κ2) is 7.34. The quantitative estimate of drug-likeness (QED) is 0.701. The number of rotatable bonds is 7. The van der Waals surface area contributed by atoms with Crippen molar-refractivity contribution >= 4 is 17.7 Å². The first kappa shape index (κ1) is 14.1. The van der Waals surface area contributed by atoms with Crippen LogP contribution < -0.4 is 5.32 Å². The second-order valence-corrected chi connectivity index (χ2v) is 4.94. The molecule has 0 saturated heterocycles. The average Bonchev–Trinajstić information content (AvgIpc) is 2.64. The number of aromatic nitrogens is 2. The van der Waals surface area contributed by atoms with Gasteiger partial charge < -0.3 is 10.4 Å². The smallest absolute Gasteiger partial charge is 0.254 e. The highest BCUT2D eigenvalue weighted by Gasteiger charge is 2.11. The van der Waals surface area contributed by atoms with Gasteiger partial charge in [-0.2, -0.15) is 16.9 Å². The van der Waals surface area contributed by atoms with E-state index in [0.29, 0.717) is 12.1 Å². The zero-order valence-electron chi connectivity index (χ0n) is 10.3. The molecule has 5 nitrogen and oxygen atoms in total. The first-order valence-electron chi connectivity index (χ1n) is 5.62. The molecule has 0 spiro atoms. The lowest BCUT2D eigenvalue weighted by Crippen LogP contribution is -2.26. The number of amides is 1. The molecule has 0 unspecified atom stereocenters. The molecule has 1 amide bonds. The maximum Gasteiger partial charge on any atom is 0.254 e. The Morgan fingerprint density at radius 3 is 2.94 bits per heavy atom. The Labute approximate surface area is 106 Å². The van der Waals surface area contributed by atoms with E-state index >= 15 is 0 Å². The molecule has 0 aliphatic carbocycles. The lowest BCUT2D eigenvalue weighted by Gasteiger charge is -2.04. The minimum Gasteiger partial charge on any atom is -0.396 e. The van der Waals surface area contributed by atoms with Crippen molar-refractivity contribution in [2.75, 3.05) is 24.7 Å². The van der Waals surface area contributed by atoms with Gasteiger partial charge in [-0.25, -0.2) is 0 Å². The molecule has 1 aromatic rings. The molecule has 0 aliphatic rings. The van der Waals surface area contributed by atoms with Crippen molar-refractivity contribution in [3.8, 4) is 0 Å². The maximum atomic E-state index is 11.8. The van der Waals surface area contributed by atoms with Gasteiger partial charge in [-0.3, -0.25) is 9.48 Å². The summed E-state index contributed by atoms with van der Waals surface area (Å²) in [6.07, 6.45) is 2.39. The van der Waals surface area contributed by atoms with Gasteiger partial charge in [0.05, 0.1) is 11.8 Å². The molecule has 0 atom stereocenters. The van der Waals surface area contributed by atoms with Crippen molar-refractivity contribution in [1.82, 2.24) is 15.1 Å². The topological polar surface area (TPSA) is 67.2 Å². The van der Waals surface area contributed by atoms with Crippen LogP contribution in [-0.2, 0) is 7.05 Å². The molecule has 1 aromatic heterocycles. The predicted octanol–water partition coefficient (Wildman–Crippen LogP) is 0.574. The fourth-order valence-corrected chi connectivity index (χ4v) is 2.11. The third kappa shape index (κ3) is 4.40. The molecule has 1 rings (SSSR count). The molecule has 0 saturated carbocycles. The zero-order chi connectivity index (χ0) is 12.7. The van der Waals surface area contributed by atoms with E-state index in [0.717, 1.165) is 23.6 Å². The van der Waals surface area contributed by atoms with E-state index in [1.54, 1.807) is 22.6 Å². The SMILES string of the molecule is Cc1c(C(=O)NCCSCCCO)cnn1C. The Bertz CT molecular complexity index is 366. The van der Waals surface area contributed by atoms with E-state index in [2.05, 4.69) is 10.4 Å². The summed E-state index contributed by atoms with van der Waals surface area (Å²) >= 11 is 1.73. The number of aliphatic hydroxyl groups excluding tert-OH is 1. The molecule has 0 fully saturated rings. The van der Waals surface area contributed by atoms with Crippen molar-refractivity contribution in [3.05, 3.63) is 17.5 Å². The summed E-state index contributed by atoms with van der Waals surface area (Å²) in [5, 5.41) is 15.5. The van der Waals surface area contributed by atoms with E-state index in [1.807, 2.05) is 14.0 Å². The minimum atomic E-state index is -0.0710. The monoisotopic (exact) mass is 257 g/mol. The molecule has 0 aliphatic heterocycles. The van der Waals surface area contributed by atoms with Crippen LogP contribution in [0.1, 0.15) is 22.5 Å².